The van der Waals surface area contributed by atoms with Crippen molar-refractivity contribution in [1.29, 1.82) is 0 Å². The lowest BCUT2D eigenvalue weighted by atomic mass is 9.63. The molecule has 0 nitrogen and oxygen atoms in total. The summed E-state index contributed by atoms with van der Waals surface area (Å²) in [6, 6.07) is 18.6. The van der Waals surface area contributed by atoms with Crippen LogP contribution in [0, 0.1) is 17.8 Å². The minimum Gasteiger partial charge on any atom is -0.103 e. The fourth-order valence-corrected chi connectivity index (χ4v) is 5.74. The maximum atomic E-state index is 3.82. The van der Waals surface area contributed by atoms with Crippen molar-refractivity contribution in [3.8, 4) is 11.1 Å². The Morgan fingerprint density at radius 1 is 0.821 bits per heavy atom. The van der Waals surface area contributed by atoms with Gasteiger partial charge >= 0.3 is 0 Å². The van der Waals surface area contributed by atoms with Gasteiger partial charge in [-0.25, -0.2) is 0 Å². The summed E-state index contributed by atoms with van der Waals surface area (Å²) in [6.45, 7) is 6.20. The second-order valence-electron chi connectivity index (χ2n) is 9.26. The molecule has 0 bridgehead atoms. The van der Waals surface area contributed by atoms with E-state index in [0.29, 0.717) is 0 Å². The predicted octanol–water partition coefficient (Wildman–Crippen LogP) is 8.18. The number of benzene rings is 2. The van der Waals surface area contributed by atoms with E-state index in [1.807, 2.05) is 6.08 Å². The van der Waals surface area contributed by atoms with E-state index in [1.165, 1.54) is 61.6 Å². The van der Waals surface area contributed by atoms with Crippen molar-refractivity contribution in [2.24, 2.45) is 17.8 Å². The summed E-state index contributed by atoms with van der Waals surface area (Å²) in [5.74, 6) is 3.81. The lowest BCUT2D eigenvalue weighted by Crippen LogP contribution is -2.30. The van der Waals surface area contributed by atoms with Crippen molar-refractivity contribution in [2.75, 3.05) is 0 Å². The van der Waals surface area contributed by atoms with E-state index in [2.05, 4.69) is 62.0 Å². The highest BCUT2D eigenvalue weighted by Crippen LogP contribution is 2.48. The number of hydrogen-bond acceptors (Lipinski definition) is 0. The Labute approximate surface area is 172 Å². The fourth-order valence-electron chi connectivity index (χ4n) is 5.74. The van der Waals surface area contributed by atoms with Crippen LogP contribution in [0.3, 0.4) is 0 Å². The molecule has 0 N–H and O–H groups in total. The average molecular weight is 373 g/mol. The highest BCUT2D eigenvalue weighted by atomic mass is 14.4. The molecule has 2 aromatic rings. The van der Waals surface area contributed by atoms with Gasteiger partial charge in [-0.15, -0.1) is 6.58 Å². The van der Waals surface area contributed by atoms with Crippen molar-refractivity contribution in [2.45, 2.75) is 70.6 Å². The van der Waals surface area contributed by atoms with E-state index in [1.54, 1.807) is 5.56 Å². The van der Waals surface area contributed by atoms with E-state index >= 15 is 0 Å². The molecule has 0 aromatic heterocycles. The summed E-state index contributed by atoms with van der Waals surface area (Å²) in [4.78, 5) is 0. The first kappa shape index (κ1) is 19.5. The van der Waals surface area contributed by atoms with Gasteiger partial charge in [0, 0.05) is 0 Å². The van der Waals surface area contributed by atoms with Gasteiger partial charge in [0.15, 0.2) is 0 Å². The van der Waals surface area contributed by atoms with Gasteiger partial charge in [-0.05, 0) is 90.9 Å². The molecule has 0 spiro atoms. The Morgan fingerprint density at radius 3 is 2.14 bits per heavy atom. The van der Waals surface area contributed by atoms with Crippen molar-refractivity contribution >= 4 is 0 Å². The summed E-state index contributed by atoms with van der Waals surface area (Å²) in [5.41, 5.74) is 5.64. The third-order valence-corrected chi connectivity index (χ3v) is 7.61. The largest absolute Gasteiger partial charge is 0.103 e. The van der Waals surface area contributed by atoms with E-state index < -0.39 is 0 Å². The monoisotopic (exact) mass is 372 g/mol. The highest BCUT2D eigenvalue weighted by Gasteiger charge is 2.35. The quantitative estimate of drug-likeness (QED) is 0.448. The molecule has 0 radical (unpaired) electrons. The lowest BCUT2D eigenvalue weighted by molar-refractivity contribution is 0.116. The van der Waals surface area contributed by atoms with Crippen LogP contribution in [-0.2, 0) is 6.42 Å². The second kappa shape index (κ2) is 9.12. The van der Waals surface area contributed by atoms with Crippen LogP contribution in [0.5, 0.6) is 0 Å². The van der Waals surface area contributed by atoms with Crippen LogP contribution < -0.4 is 0 Å². The Balaban J connectivity index is 1.39. The number of allylic oxidation sites excluding steroid dienone is 1. The minimum atomic E-state index is 0.787. The van der Waals surface area contributed by atoms with Crippen LogP contribution in [0.4, 0.5) is 0 Å². The molecule has 0 heteroatoms. The molecule has 4 unspecified atom stereocenters. The Kier molecular flexibility index (Phi) is 6.35. The lowest BCUT2D eigenvalue weighted by Gasteiger charge is -2.42. The molecule has 148 valence electrons. The summed E-state index contributed by atoms with van der Waals surface area (Å²) >= 11 is 0. The maximum Gasteiger partial charge on any atom is -0.0159 e. The Morgan fingerprint density at radius 2 is 1.46 bits per heavy atom. The highest BCUT2D eigenvalue weighted by molar-refractivity contribution is 5.64. The molecule has 2 saturated carbocycles. The standard InChI is InChI=1S/C28H36/c1-3-5-6-22-8-10-23(11-9-22)24-13-15-25(16-14-24)27-18-17-26-19-21(4-2)7-12-28(26)20-27/h3,8-11,13-16,21,26-28H,1,4-7,12,17-20H2,2H3. The average Bonchev–Trinajstić information content (AvgIpc) is 2.77. The van der Waals surface area contributed by atoms with E-state index in [-0.39, 0.29) is 0 Å². The first-order valence-electron chi connectivity index (χ1n) is 11.6. The zero-order valence-electron chi connectivity index (χ0n) is 17.6. The summed E-state index contributed by atoms with van der Waals surface area (Å²) in [5, 5.41) is 0. The van der Waals surface area contributed by atoms with Crippen LogP contribution in [0.1, 0.15) is 75.3 Å². The molecule has 0 amide bonds. The zero-order valence-corrected chi connectivity index (χ0v) is 17.6. The molecule has 2 aliphatic rings. The van der Waals surface area contributed by atoms with Crippen LogP contribution in [0.25, 0.3) is 11.1 Å². The molecular weight excluding hydrogens is 336 g/mol. The number of aryl methyl sites for hydroxylation is 1. The summed E-state index contributed by atoms with van der Waals surface area (Å²) in [6.07, 6.45) is 14.3. The van der Waals surface area contributed by atoms with Gasteiger partial charge in [0.05, 0.1) is 0 Å². The van der Waals surface area contributed by atoms with Gasteiger partial charge in [0.1, 0.15) is 0 Å². The topological polar surface area (TPSA) is 0 Å². The first-order valence-corrected chi connectivity index (χ1v) is 11.6. The molecule has 4 rings (SSSR count). The van der Waals surface area contributed by atoms with Crippen molar-refractivity contribution in [3.63, 3.8) is 0 Å². The maximum absolute atomic E-state index is 3.82. The number of fused-ring (bicyclic) bond motifs is 1. The minimum absolute atomic E-state index is 0.787. The van der Waals surface area contributed by atoms with Crippen LogP contribution >= 0.6 is 0 Å². The molecule has 0 saturated heterocycles. The third kappa shape index (κ3) is 4.43. The van der Waals surface area contributed by atoms with Gasteiger partial charge in [0.25, 0.3) is 0 Å². The van der Waals surface area contributed by atoms with Crippen molar-refractivity contribution in [3.05, 3.63) is 72.3 Å². The van der Waals surface area contributed by atoms with E-state index in [4.69, 9.17) is 0 Å². The fraction of sp³-hybridized carbons (Fsp3) is 0.500. The molecule has 0 heterocycles. The van der Waals surface area contributed by atoms with Crippen molar-refractivity contribution in [1.82, 2.24) is 0 Å². The molecule has 4 atom stereocenters. The predicted molar refractivity (Wildman–Crippen MR) is 122 cm³/mol. The second-order valence-corrected chi connectivity index (χ2v) is 9.26. The van der Waals surface area contributed by atoms with Crippen LogP contribution in [-0.4, -0.2) is 0 Å². The van der Waals surface area contributed by atoms with Gasteiger partial charge in [-0.3, -0.25) is 0 Å². The van der Waals surface area contributed by atoms with Gasteiger partial charge in [0.2, 0.25) is 0 Å². The molecule has 2 aromatic carbocycles. The van der Waals surface area contributed by atoms with Crippen LogP contribution in [0.2, 0.25) is 0 Å². The number of hydrogen-bond donors (Lipinski definition) is 0. The Hall–Kier alpha value is -1.82. The van der Waals surface area contributed by atoms with Gasteiger partial charge < -0.3 is 0 Å². The molecule has 2 aliphatic carbocycles. The summed E-state index contributed by atoms with van der Waals surface area (Å²) in [7, 11) is 0. The SMILES string of the molecule is C=CCCc1ccc(-c2ccc(C3CCC4CC(CC)CCC4C3)cc2)cc1. The molecule has 0 aliphatic heterocycles. The molecule has 2 fully saturated rings. The Bertz CT molecular complexity index is 752. The van der Waals surface area contributed by atoms with Gasteiger partial charge in [-0.2, -0.15) is 0 Å². The third-order valence-electron chi connectivity index (χ3n) is 7.61. The van der Waals surface area contributed by atoms with Crippen LogP contribution in [0.15, 0.2) is 61.2 Å². The van der Waals surface area contributed by atoms with E-state index in [9.17, 15) is 0 Å². The zero-order chi connectivity index (χ0) is 19.3. The summed E-state index contributed by atoms with van der Waals surface area (Å²) < 4.78 is 0. The number of rotatable bonds is 6. The van der Waals surface area contributed by atoms with Gasteiger partial charge in [-0.1, -0.05) is 74.4 Å². The molecule has 28 heavy (non-hydrogen) atoms. The normalized spacial score (nSPS) is 27.2. The smallest absolute Gasteiger partial charge is 0.0159 e. The van der Waals surface area contributed by atoms with Crippen molar-refractivity contribution < 1.29 is 0 Å². The first-order chi connectivity index (χ1) is 13.8. The van der Waals surface area contributed by atoms with E-state index in [0.717, 1.165) is 36.5 Å². The molecular formula is C28H36.